The minimum atomic E-state index is -0.769. The third-order valence-electron chi connectivity index (χ3n) is 6.74. The summed E-state index contributed by atoms with van der Waals surface area (Å²) >= 11 is 0. The van der Waals surface area contributed by atoms with Crippen molar-refractivity contribution in [3.63, 3.8) is 0 Å². The first-order chi connectivity index (χ1) is 16.8. The standard InChI is InChI=1S/C26H30F2N4O3/c1-17-24(30-12-6-7-18(13-30)16-33)25(34)32(15-23(29)19-8-3-2-4-9-19)26(35)31(17)14-20-21(27)10-5-11-22(20)28/h2-5,8-11,18,23,33H,6-7,12-16,29H2,1H3/t18?,23-/m1/s1. The van der Waals surface area contributed by atoms with Crippen LogP contribution < -0.4 is 21.9 Å². The van der Waals surface area contributed by atoms with E-state index in [-0.39, 0.29) is 31.2 Å². The number of hydrogen-bond donors (Lipinski definition) is 2. The molecule has 186 valence electrons. The Bertz CT molecular complexity index is 1290. The Kier molecular flexibility index (Phi) is 7.47. The highest BCUT2D eigenvalue weighted by molar-refractivity contribution is 5.49. The van der Waals surface area contributed by atoms with Gasteiger partial charge in [0, 0.05) is 37.0 Å². The molecule has 1 saturated heterocycles. The van der Waals surface area contributed by atoms with Crippen LogP contribution in [0.1, 0.15) is 35.7 Å². The molecule has 3 N–H and O–H groups in total. The maximum Gasteiger partial charge on any atom is 0.331 e. The summed E-state index contributed by atoms with van der Waals surface area (Å²) in [6.45, 7) is 2.16. The molecule has 35 heavy (non-hydrogen) atoms. The minimum absolute atomic E-state index is 0.00744. The lowest BCUT2D eigenvalue weighted by Gasteiger charge is -2.34. The fourth-order valence-electron chi connectivity index (χ4n) is 4.76. The molecule has 7 nitrogen and oxygen atoms in total. The average molecular weight is 485 g/mol. The maximum absolute atomic E-state index is 14.5. The number of aliphatic hydroxyl groups excluding tert-OH is 1. The lowest BCUT2D eigenvalue weighted by atomic mass is 9.98. The van der Waals surface area contributed by atoms with Crippen molar-refractivity contribution >= 4 is 5.69 Å². The van der Waals surface area contributed by atoms with Crippen molar-refractivity contribution in [3.8, 4) is 0 Å². The highest BCUT2D eigenvalue weighted by Gasteiger charge is 2.27. The fraction of sp³-hybridized carbons (Fsp3) is 0.385. The molecule has 2 aromatic carbocycles. The summed E-state index contributed by atoms with van der Waals surface area (Å²) in [4.78, 5) is 29.0. The second-order valence-corrected chi connectivity index (χ2v) is 9.07. The van der Waals surface area contributed by atoms with Crippen LogP contribution in [0.2, 0.25) is 0 Å². The molecular weight excluding hydrogens is 454 g/mol. The van der Waals surface area contributed by atoms with Crippen molar-refractivity contribution in [2.24, 2.45) is 11.7 Å². The molecule has 1 fully saturated rings. The van der Waals surface area contributed by atoms with Crippen LogP contribution in [0.15, 0.2) is 58.1 Å². The number of anilines is 1. The van der Waals surface area contributed by atoms with Gasteiger partial charge in [-0.3, -0.25) is 13.9 Å². The van der Waals surface area contributed by atoms with E-state index in [1.165, 1.54) is 10.6 Å². The predicted octanol–water partition coefficient (Wildman–Crippen LogP) is 2.55. The van der Waals surface area contributed by atoms with Crippen molar-refractivity contribution in [2.45, 2.75) is 38.9 Å². The number of benzene rings is 2. The zero-order valence-corrected chi connectivity index (χ0v) is 19.7. The Morgan fingerprint density at radius 2 is 1.74 bits per heavy atom. The van der Waals surface area contributed by atoms with E-state index >= 15 is 0 Å². The van der Waals surface area contributed by atoms with Crippen LogP contribution >= 0.6 is 0 Å². The van der Waals surface area contributed by atoms with Gasteiger partial charge >= 0.3 is 5.69 Å². The third kappa shape index (κ3) is 5.06. The van der Waals surface area contributed by atoms with Crippen molar-refractivity contribution in [1.82, 2.24) is 9.13 Å². The van der Waals surface area contributed by atoms with E-state index in [1.807, 2.05) is 35.2 Å². The first kappa shape index (κ1) is 24.8. The summed E-state index contributed by atoms with van der Waals surface area (Å²) < 4.78 is 31.3. The second kappa shape index (κ2) is 10.5. The van der Waals surface area contributed by atoms with Crippen molar-refractivity contribution in [2.75, 3.05) is 24.6 Å². The van der Waals surface area contributed by atoms with E-state index in [0.717, 1.165) is 35.1 Å². The monoisotopic (exact) mass is 484 g/mol. The van der Waals surface area contributed by atoms with Gasteiger partial charge in [0.25, 0.3) is 5.56 Å². The number of halogens is 2. The molecule has 0 amide bonds. The molecule has 1 aliphatic heterocycles. The van der Waals surface area contributed by atoms with Crippen LogP contribution in [0.25, 0.3) is 0 Å². The zero-order valence-electron chi connectivity index (χ0n) is 19.7. The van der Waals surface area contributed by atoms with Crippen LogP contribution in [0, 0.1) is 24.5 Å². The number of hydrogen-bond acceptors (Lipinski definition) is 5. The summed E-state index contributed by atoms with van der Waals surface area (Å²) in [6, 6.07) is 12.0. The van der Waals surface area contributed by atoms with Gasteiger partial charge in [-0.2, -0.15) is 0 Å². The largest absolute Gasteiger partial charge is 0.396 e. The number of rotatable bonds is 7. The summed E-state index contributed by atoms with van der Waals surface area (Å²) in [5, 5.41) is 9.68. The van der Waals surface area contributed by atoms with Crippen LogP contribution in [0.3, 0.4) is 0 Å². The lowest BCUT2D eigenvalue weighted by molar-refractivity contribution is 0.208. The fourth-order valence-corrected chi connectivity index (χ4v) is 4.76. The number of aliphatic hydroxyl groups is 1. The van der Waals surface area contributed by atoms with Crippen LogP contribution in [0.5, 0.6) is 0 Å². The van der Waals surface area contributed by atoms with Gasteiger partial charge in [-0.25, -0.2) is 13.6 Å². The SMILES string of the molecule is Cc1c(N2CCCC(CO)C2)c(=O)n(C[C@@H](N)c2ccccc2)c(=O)n1Cc1c(F)cccc1F. The van der Waals surface area contributed by atoms with E-state index in [9.17, 15) is 23.5 Å². The van der Waals surface area contributed by atoms with Gasteiger partial charge in [0.2, 0.25) is 0 Å². The number of nitrogens with zero attached hydrogens (tertiary/aromatic N) is 3. The van der Waals surface area contributed by atoms with Crippen LogP contribution in [-0.2, 0) is 13.1 Å². The maximum atomic E-state index is 14.5. The molecule has 1 aliphatic rings. The highest BCUT2D eigenvalue weighted by atomic mass is 19.1. The molecule has 9 heteroatoms. The molecule has 0 spiro atoms. The zero-order chi connectivity index (χ0) is 25.1. The summed E-state index contributed by atoms with van der Waals surface area (Å²) in [7, 11) is 0. The normalized spacial score (nSPS) is 16.9. The molecule has 3 aromatic rings. The Hall–Kier alpha value is -3.30. The Labute approximate surface area is 202 Å². The van der Waals surface area contributed by atoms with Crippen molar-refractivity contribution < 1.29 is 13.9 Å². The smallest absolute Gasteiger partial charge is 0.331 e. The minimum Gasteiger partial charge on any atom is -0.396 e. The van der Waals surface area contributed by atoms with Gasteiger partial charge in [0.15, 0.2) is 0 Å². The van der Waals surface area contributed by atoms with E-state index in [4.69, 9.17) is 5.73 Å². The summed E-state index contributed by atoms with van der Waals surface area (Å²) in [5.74, 6) is -1.54. The first-order valence-electron chi connectivity index (χ1n) is 11.7. The summed E-state index contributed by atoms with van der Waals surface area (Å²) in [5.41, 5.74) is 6.29. The van der Waals surface area contributed by atoms with Gasteiger partial charge < -0.3 is 15.7 Å². The molecule has 0 radical (unpaired) electrons. The lowest BCUT2D eigenvalue weighted by Crippen LogP contribution is -2.48. The second-order valence-electron chi connectivity index (χ2n) is 9.07. The van der Waals surface area contributed by atoms with Crippen LogP contribution in [0.4, 0.5) is 14.5 Å². The predicted molar refractivity (Wildman–Crippen MR) is 131 cm³/mol. The number of aromatic nitrogens is 2. The van der Waals surface area contributed by atoms with Crippen LogP contribution in [-0.4, -0.2) is 33.9 Å². The number of piperidine rings is 1. The van der Waals surface area contributed by atoms with E-state index < -0.39 is 28.9 Å². The molecule has 4 rings (SSSR count). The molecule has 1 aromatic heterocycles. The summed E-state index contributed by atoms with van der Waals surface area (Å²) in [6.07, 6.45) is 1.61. The Morgan fingerprint density at radius 3 is 2.40 bits per heavy atom. The molecular formula is C26H30F2N4O3. The van der Waals surface area contributed by atoms with E-state index in [0.29, 0.717) is 24.5 Å². The molecule has 2 heterocycles. The topological polar surface area (TPSA) is 93.5 Å². The van der Waals surface area contributed by atoms with E-state index in [1.54, 1.807) is 6.92 Å². The molecule has 0 saturated carbocycles. The molecule has 0 aliphatic carbocycles. The van der Waals surface area contributed by atoms with E-state index in [2.05, 4.69) is 0 Å². The third-order valence-corrected chi connectivity index (χ3v) is 6.74. The highest BCUT2D eigenvalue weighted by Crippen LogP contribution is 2.24. The van der Waals surface area contributed by atoms with Crippen molar-refractivity contribution in [1.29, 1.82) is 0 Å². The quantitative estimate of drug-likeness (QED) is 0.538. The van der Waals surface area contributed by atoms with Gasteiger partial charge in [0.05, 0.1) is 13.1 Å². The van der Waals surface area contributed by atoms with Gasteiger partial charge in [-0.05, 0) is 43.4 Å². The van der Waals surface area contributed by atoms with Crippen molar-refractivity contribution in [3.05, 3.63) is 97.8 Å². The Balaban J connectivity index is 1.86. The number of nitrogens with two attached hydrogens (primary N) is 1. The van der Waals surface area contributed by atoms with Gasteiger partial charge in [-0.15, -0.1) is 0 Å². The molecule has 2 atom stereocenters. The molecule has 1 unspecified atom stereocenters. The van der Waals surface area contributed by atoms with Gasteiger partial charge in [-0.1, -0.05) is 36.4 Å². The Morgan fingerprint density at radius 1 is 1.06 bits per heavy atom. The van der Waals surface area contributed by atoms with Gasteiger partial charge in [0.1, 0.15) is 17.3 Å². The molecule has 0 bridgehead atoms. The average Bonchev–Trinajstić information content (AvgIpc) is 2.86. The first-order valence-corrected chi connectivity index (χ1v) is 11.7.